The summed E-state index contributed by atoms with van der Waals surface area (Å²) in [5.41, 5.74) is 1.22. The van der Waals surface area contributed by atoms with E-state index in [2.05, 4.69) is 22.3 Å². The molecule has 1 aromatic carbocycles. The second kappa shape index (κ2) is 9.57. The number of carbonyl (C=O) groups excluding carboxylic acids is 2. The molecule has 1 heterocycles. The second-order valence-corrected chi connectivity index (χ2v) is 7.15. The number of para-hydroxylation sites is 1. The van der Waals surface area contributed by atoms with Gasteiger partial charge in [0.2, 0.25) is 11.8 Å². The topological polar surface area (TPSA) is 52.7 Å². The van der Waals surface area contributed by atoms with E-state index >= 15 is 0 Å². The van der Waals surface area contributed by atoms with Gasteiger partial charge in [0.25, 0.3) is 0 Å². The van der Waals surface area contributed by atoms with Crippen molar-refractivity contribution < 1.29 is 9.59 Å². The van der Waals surface area contributed by atoms with Crippen molar-refractivity contribution in [3.63, 3.8) is 0 Å². The highest BCUT2D eigenvalue weighted by Crippen LogP contribution is 2.16. The van der Waals surface area contributed by atoms with Gasteiger partial charge in [-0.2, -0.15) is 11.8 Å². The van der Waals surface area contributed by atoms with E-state index < -0.39 is 0 Å². The normalized spacial score (nSPS) is 15.9. The lowest BCUT2D eigenvalue weighted by Crippen LogP contribution is -2.48. The first-order chi connectivity index (χ1) is 11.6. The Balaban J connectivity index is 1.65. The molecule has 0 saturated carbocycles. The highest BCUT2D eigenvalue weighted by molar-refractivity contribution is 7.99. The maximum Gasteiger partial charge on any atom is 0.232 e. The first-order valence-electron chi connectivity index (χ1n) is 8.50. The van der Waals surface area contributed by atoms with Crippen LogP contribution in [0.3, 0.4) is 0 Å². The molecular formula is C18H27N3O2S. The smallest absolute Gasteiger partial charge is 0.232 e. The monoisotopic (exact) mass is 349 g/mol. The van der Waals surface area contributed by atoms with Crippen molar-refractivity contribution in [3.8, 4) is 0 Å². The summed E-state index contributed by atoms with van der Waals surface area (Å²) < 4.78 is 0. The van der Waals surface area contributed by atoms with Crippen molar-refractivity contribution in [1.29, 1.82) is 0 Å². The molecule has 0 spiro atoms. The summed E-state index contributed by atoms with van der Waals surface area (Å²) in [6.07, 6.45) is 3.12. The predicted octanol–water partition coefficient (Wildman–Crippen LogP) is 1.98. The number of nitrogens with zero attached hydrogens (tertiary/aromatic N) is 2. The Morgan fingerprint density at radius 3 is 2.46 bits per heavy atom. The van der Waals surface area contributed by atoms with E-state index in [4.69, 9.17) is 0 Å². The quantitative estimate of drug-likeness (QED) is 0.765. The van der Waals surface area contributed by atoms with Crippen LogP contribution in [-0.2, 0) is 9.59 Å². The van der Waals surface area contributed by atoms with Gasteiger partial charge >= 0.3 is 0 Å². The van der Waals surface area contributed by atoms with Crippen LogP contribution in [0.4, 0.5) is 5.69 Å². The van der Waals surface area contributed by atoms with Crippen molar-refractivity contribution in [3.05, 3.63) is 30.3 Å². The summed E-state index contributed by atoms with van der Waals surface area (Å²) in [6, 6.07) is 10.3. The van der Waals surface area contributed by atoms with Crippen LogP contribution in [0.25, 0.3) is 0 Å². The van der Waals surface area contributed by atoms with Crippen LogP contribution in [0.1, 0.15) is 19.8 Å². The number of carbonyl (C=O) groups is 2. The van der Waals surface area contributed by atoms with Gasteiger partial charge in [-0.25, -0.2) is 0 Å². The molecule has 1 N–H and O–H groups in total. The van der Waals surface area contributed by atoms with Gasteiger partial charge in [0.05, 0.1) is 5.25 Å². The molecule has 1 atom stereocenters. The molecule has 5 nitrogen and oxygen atoms in total. The summed E-state index contributed by atoms with van der Waals surface area (Å²) in [4.78, 5) is 28.2. The molecule has 2 rings (SSSR count). The summed E-state index contributed by atoms with van der Waals surface area (Å²) in [6.45, 7) is 5.74. The van der Waals surface area contributed by atoms with Gasteiger partial charge in [0.1, 0.15) is 0 Å². The summed E-state index contributed by atoms with van der Waals surface area (Å²) in [7, 11) is 0. The number of rotatable bonds is 7. The molecule has 2 amide bonds. The average molecular weight is 350 g/mol. The first kappa shape index (κ1) is 18.6. The van der Waals surface area contributed by atoms with Crippen molar-refractivity contribution in [2.24, 2.45) is 0 Å². The Bertz CT molecular complexity index is 530. The fourth-order valence-corrected chi connectivity index (χ4v) is 3.01. The molecule has 1 fully saturated rings. The predicted molar refractivity (Wildman–Crippen MR) is 100 cm³/mol. The summed E-state index contributed by atoms with van der Waals surface area (Å²) in [5, 5.41) is 2.85. The van der Waals surface area contributed by atoms with E-state index in [1.54, 1.807) is 0 Å². The first-order valence-corrected chi connectivity index (χ1v) is 9.79. The number of benzene rings is 1. The standard InChI is InChI=1S/C18H27N3O2S/c1-15(24-2)18(23)19-10-6-9-17(22)21-13-11-20(12-14-21)16-7-4-3-5-8-16/h3-5,7-8,15H,6,9-14H2,1-2H3,(H,19,23)/t15-/m0/s1. The molecule has 24 heavy (non-hydrogen) atoms. The number of thioether (sulfide) groups is 1. The number of nitrogens with one attached hydrogen (secondary N) is 1. The molecule has 0 bridgehead atoms. The average Bonchev–Trinajstić information content (AvgIpc) is 2.65. The molecule has 0 unspecified atom stereocenters. The maximum absolute atomic E-state index is 12.3. The van der Waals surface area contributed by atoms with Crippen molar-refractivity contribution in [2.45, 2.75) is 25.0 Å². The second-order valence-electron chi connectivity index (χ2n) is 5.98. The number of amides is 2. The Kier molecular flexibility index (Phi) is 7.43. The summed E-state index contributed by atoms with van der Waals surface area (Å²) >= 11 is 1.53. The summed E-state index contributed by atoms with van der Waals surface area (Å²) in [5.74, 6) is 0.237. The molecule has 1 saturated heterocycles. The van der Waals surface area contributed by atoms with Crippen molar-refractivity contribution >= 4 is 29.3 Å². The highest BCUT2D eigenvalue weighted by Gasteiger charge is 2.20. The number of hydrogen-bond donors (Lipinski definition) is 1. The molecule has 132 valence electrons. The van der Waals surface area contributed by atoms with Gasteiger partial charge in [-0.1, -0.05) is 18.2 Å². The lowest BCUT2D eigenvalue weighted by molar-refractivity contribution is -0.131. The molecule has 0 radical (unpaired) electrons. The van der Waals surface area contributed by atoms with Gasteiger partial charge < -0.3 is 15.1 Å². The molecular weight excluding hydrogens is 322 g/mol. The minimum absolute atomic E-state index is 0.0354. The van der Waals surface area contributed by atoms with E-state index in [-0.39, 0.29) is 17.1 Å². The van der Waals surface area contributed by atoms with Crippen LogP contribution in [0.2, 0.25) is 0 Å². The van der Waals surface area contributed by atoms with Gasteiger partial charge in [-0.15, -0.1) is 0 Å². The minimum Gasteiger partial charge on any atom is -0.368 e. The highest BCUT2D eigenvalue weighted by atomic mass is 32.2. The number of piperazine rings is 1. The zero-order valence-electron chi connectivity index (χ0n) is 14.5. The van der Waals surface area contributed by atoms with E-state index in [0.717, 1.165) is 26.2 Å². The van der Waals surface area contributed by atoms with Crippen LogP contribution < -0.4 is 10.2 Å². The Morgan fingerprint density at radius 1 is 1.17 bits per heavy atom. The van der Waals surface area contributed by atoms with E-state index in [0.29, 0.717) is 19.4 Å². The minimum atomic E-state index is -0.0354. The van der Waals surface area contributed by atoms with Crippen LogP contribution in [0.5, 0.6) is 0 Å². The molecule has 1 aliphatic rings. The molecule has 1 aliphatic heterocycles. The lowest BCUT2D eigenvalue weighted by atomic mass is 10.2. The Hall–Kier alpha value is -1.69. The molecule has 1 aromatic rings. The number of hydrogen-bond acceptors (Lipinski definition) is 4. The van der Waals surface area contributed by atoms with E-state index in [1.165, 1.54) is 17.4 Å². The van der Waals surface area contributed by atoms with Crippen molar-refractivity contribution in [1.82, 2.24) is 10.2 Å². The van der Waals surface area contributed by atoms with E-state index in [9.17, 15) is 9.59 Å². The van der Waals surface area contributed by atoms with Crippen LogP contribution in [0, 0.1) is 0 Å². The lowest BCUT2D eigenvalue weighted by Gasteiger charge is -2.36. The van der Waals surface area contributed by atoms with Gasteiger partial charge in [-0.3, -0.25) is 9.59 Å². The molecule has 0 aromatic heterocycles. The molecule has 6 heteroatoms. The van der Waals surface area contributed by atoms with Crippen molar-refractivity contribution in [2.75, 3.05) is 43.9 Å². The van der Waals surface area contributed by atoms with Gasteiger partial charge in [-0.05, 0) is 31.7 Å². The van der Waals surface area contributed by atoms with Crippen LogP contribution in [0.15, 0.2) is 30.3 Å². The zero-order valence-corrected chi connectivity index (χ0v) is 15.3. The van der Waals surface area contributed by atoms with E-state index in [1.807, 2.05) is 36.3 Å². The van der Waals surface area contributed by atoms with Crippen LogP contribution >= 0.6 is 11.8 Å². The van der Waals surface area contributed by atoms with Gasteiger partial charge in [0.15, 0.2) is 0 Å². The SMILES string of the molecule is CS[C@@H](C)C(=O)NCCCC(=O)N1CCN(c2ccccc2)CC1. The Morgan fingerprint density at radius 2 is 1.83 bits per heavy atom. The fraction of sp³-hybridized carbons (Fsp3) is 0.556. The van der Waals surface area contributed by atoms with Gasteiger partial charge in [0, 0.05) is 44.8 Å². The zero-order chi connectivity index (χ0) is 17.4. The Labute approximate surface area is 148 Å². The third-order valence-corrected chi connectivity index (χ3v) is 5.26. The fourth-order valence-electron chi connectivity index (χ4n) is 2.71. The molecule has 0 aliphatic carbocycles. The maximum atomic E-state index is 12.3. The number of anilines is 1. The third kappa shape index (κ3) is 5.44. The third-order valence-electron chi connectivity index (χ3n) is 4.34. The largest absolute Gasteiger partial charge is 0.368 e. The van der Waals surface area contributed by atoms with Crippen LogP contribution in [-0.4, -0.2) is 60.9 Å².